The summed E-state index contributed by atoms with van der Waals surface area (Å²) >= 11 is 0. The van der Waals surface area contributed by atoms with E-state index in [2.05, 4.69) is 74.4 Å². The number of carboxylic acids is 1. The Morgan fingerprint density at radius 1 is 0.750 bits per heavy atom. The van der Waals surface area contributed by atoms with Crippen molar-refractivity contribution < 1.29 is 9.90 Å². The van der Waals surface area contributed by atoms with Gasteiger partial charge in [0.2, 0.25) is 0 Å². The Morgan fingerprint density at radius 3 is 1.50 bits per heavy atom. The first-order valence-corrected chi connectivity index (χ1v) is 10.1. The first-order chi connectivity index (χ1) is 12.6. The van der Waals surface area contributed by atoms with Crippen molar-refractivity contribution >= 4 is 5.97 Å². The molecule has 0 saturated heterocycles. The molecule has 152 valence electrons. The number of hydrogen-bond acceptors (Lipinski definition) is 1. The SMILES string of the molecule is CC(C)(C)c1cc(C(C)(C)C)c(C(C(=O)O)c2ccccc2)c(C(C)(C)C)c1. The Kier molecular flexibility index (Phi) is 5.86. The van der Waals surface area contributed by atoms with Gasteiger partial charge in [0.1, 0.15) is 5.92 Å². The van der Waals surface area contributed by atoms with Gasteiger partial charge in [0.25, 0.3) is 0 Å². The summed E-state index contributed by atoms with van der Waals surface area (Å²) in [5, 5.41) is 10.3. The average Bonchev–Trinajstić information content (AvgIpc) is 2.52. The zero-order valence-corrected chi connectivity index (χ0v) is 19.0. The molecule has 2 aromatic rings. The highest BCUT2D eigenvalue weighted by atomic mass is 16.4. The van der Waals surface area contributed by atoms with Crippen LogP contribution >= 0.6 is 0 Å². The zero-order valence-electron chi connectivity index (χ0n) is 19.0. The predicted octanol–water partition coefficient (Wildman–Crippen LogP) is 6.80. The van der Waals surface area contributed by atoms with E-state index in [1.165, 1.54) is 5.56 Å². The summed E-state index contributed by atoms with van der Waals surface area (Å²) in [5.74, 6) is -1.48. The molecule has 0 fully saturated rings. The fourth-order valence-corrected chi connectivity index (χ4v) is 3.72. The lowest BCUT2D eigenvalue weighted by Crippen LogP contribution is -2.28. The molecule has 0 aliphatic carbocycles. The first kappa shape index (κ1) is 22.2. The quantitative estimate of drug-likeness (QED) is 0.636. The van der Waals surface area contributed by atoms with Crippen LogP contribution in [0.1, 0.15) is 96.0 Å². The van der Waals surface area contributed by atoms with E-state index >= 15 is 0 Å². The number of hydrogen-bond donors (Lipinski definition) is 1. The Bertz CT molecular complexity index is 806. The third-order valence-electron chi connectivity index (χ3n) is 5.33. The zero-order chi connectivity index (χ0) is 21.5. The molecule has 0 saturated carbocycles. The molecule has 2 rings (SSSR count). The van der Waals surface area contributed by atoms with E-state index in [0.29, 0.717) is 0 Å². The Hall–Kier alpha value is -2.09. The summed E-state index contributed by atoms with van der Waals surface area (Å²) in [4.78, 5) is 12.5. The average molecular weight is 381 g/mol. The van der Waals surface area contributed by atoms with Gasteiger partial charge in [0, 0.05) is 0 Å². The van der Waals surface area contributed by atoms with E-state index in [0.717, 1.165) is 22.3 Å². The molecule has 0 heterocycles. The van der Waals surface area contributed by atoms with E-state index < -0.39 is 11.9 Å². The third kappa shape index (κ3) is 4.66. The number of carboxylic acid groups (broad SMARTS) is 1. The highest BCUT2D eigenvalue weighted by Gasteiger charge is 2.35. The third-order valence-corrected chi connectivity index (χ3v) is 5.33. The predicted molar refractivity (Wildman–Crippen MR) is 118 cm³/mol. The van der Waals surface area contributed by atoms with Gasteiger partial charge in [-0.3, -0.25) is 4.79 Å². The molecule has 1 N–H and O–H groups in total. The van der Waals surface area contributed by atoms with Crippen LogP contribution < -0.4 is 0 Å². The van der Waals surface area contributed by atoms with Crippen molar-refractivity contribution in [3.63, 3.8) is 0 Å². The Morgan fingerprint density at radius 2 is 1.18 bits per heavy atom. The van der Waals surface area contributed by atoms with Crippen LogP contribution in [0.3, 0.4) is 0 Å². The van der Waals surface area contributed by atoms with Gasteiger partial charge in [0.05, 0.1) is 0 Å². The summed E-state index contributed by atoms with van der Waals surface area (Å²) in [6, 6.07) is 14.1. The fraction of sp³-hybridized carbons (Fsp3) is 0.500. The molecule has 0 aliphatic rings. The normalized spacial score (nSPS) is 14.0. The molecule has 0 spiro atoms. The van der Waals surface area contributed by atoms with Gasteiger partial charge in [-0.25, -0.2) is 0 Å². The second-order valence-corrected chi connectivity index (χ2v) is 10.9. The maximum atomic E-state index is 12.5. The standard InChI is InChI=1S/C26H36O2/c1-24(2,3)18-15-19(25(4,5)6)22(20(16-18)26(7,8)9)21(23(27)28)17-13-11-10-12-14-17/h10-16,21H,1-9H3,(H,27,28). The van der Waals surface area contributed by atoms with Gasteiger partial charge in [-0.2, -0.15) is 0 Å². The molecule has 1 atom stereocenters. The second-order valence-electron chi connectivity index (χ2n) is 10.9. The molecule has 0 aliphatic heterocycles. The summed E-state index contributed by atoms with van der Waals surface area (Å²) in [6.45, 7) is 19.7. The van der Waals surface area contributed by atoms with Crippen LogP contribution in [0.5, 0.6) is 0 Å². The topological polar surface area (TPSA) is 37.3 Å². The van der Waals surface area contributed by atoms with Crippen LogP contribution in [0, 0.1) is 0 Å². The van der Waals surface area contributed by atoms with Crippen LogP contribution in [0.4, 0.5) is 0 Å². The van der Waals surface area contributed by atoms with Crippen molar-refractivity contribution in [1.82, 2.24) is 0 Å². The molecule has 2 nitrogen and oxygen atoms in total. The molecule has 1 unspecified atom stereocenters. The van der Waals surface area contributed by atoms with Crippen LogP contribution in [-0.4, -0.2) is 11.1 Å². The minimum Gasteiger partial charge on any atom is -0.481 e. The molecular weight excluding hydrogens is 344 g/mol. The summed E-state index contributed by atoms with van der Waals surface area (Å²) < 4.78 is 0. The van der Waals surface area contributed by atoms with Gasteiger partial charge in [0.15, 0.2) is 0 Å². The van der Waals surface area contributed by atoms with E-state index in [-0.39, 0.29) is 16.2 Å². The Balaban J connectivity index is 3.00. The van der Waals surface area contributed by atoms with Gasteiger partial charge >= 0.3 is 5.97 Å². The summed E-state index contributed by atoms with van der Waals surface area (Å²) in [6.07, 6.45) is 0. The molecule has 2 heteroatoms. The fourth-order valence-electron chi connectivity index (χ4n) is 3.72. The lowest BCUT2D eigenvalue weighted by atomic mass is 9.68. The van der Waals surface area contributed by atoms with Crippen LogP contribution in [0.25, 0.3) is 0 Å². The summed E-state index contributed by atoms with van der Waals surface area (Å²) in [7, 11) is 0. The lowest BCUT2D eigenvalue weighted by molar-refractivity contribution is -0.137. The van der Waals surface area contributed by atoms with Gasteiger partial charge in [-0.1, -0.05) is 105 Å². The van der Waals surface area contributed by atoms with Crippen molar-refractivity contribution in [3.05, 3.63) is 70.3 Å². The molecular formula is C26H36O2. The molecule has 0 bridgehead atoms. The lowest BCUT2D eigenvalue weighted by Gasteiger charge is -2.35. The highest BCUT2D eigenvalue weighted by molar-refractivity contribution is 5.82. The maximum absolute atomic E-state index is 12.5. The number of rotatable bonds is 3. The molecule has 0 amide bonds. The minimum atomic E-state index is -0.800. The van der Waals surface area contributed by atoms with Crippen LogP contribution in [0.2, 0.25) is 0 Å². The van der Waals surface area contributed by atoms with Gasteiger partial charge in [-0.05, 0) is 44.1 Å². The maximum Gasteiger partial charge on any atom is 0.315 e. The Labute approximate surface area is 171 Å². The number of carbonyl (C=O) groups is 1. The summed E-state index contributed by atoms with van der Waals surface area (Å²) in [5.41, 5.74) is 4.94. The second kappa shape index (κ2) is 7.39. The number of benzene rings is 2. The minimum absolute atomic E-state index is 0.00992. The van der Waals surface area contributed by atoms with Crippen molar-refractivity contribution in [3.8, 4) is 0 Å². The molecule has 2 aromatic carbocycles. The van der Waals surface area contributed by atoms with E-state index in [9.17, 15) is 9.90 Å². The smallest absolute Gasteiger partial charge is 0.315 e. The first-order valence-electron chi connectivity index (χ1n) is 10.1. The van der Waals surface area contributed by atoms with E-state index in [1.54, 1.807) is 0 Å². The molecule has 28 heavy (non-hydrogen) atoms. The monoisotopic (exact) mass is 380 g/mol. The molecule has 0 radical (unpaired) electrons. The van der Waals surface area contributed by atoms with Crippen molar-refractivity contribution in [2.45, 2.75) is 84.5 Å². The van der Waals surface area contributed by atoms with Crippen molar-refractivity contribution in [2.24, 2.45) is 0 Å². The van der Waals surface area contributed by atoms with E-state index in [1.807, 2.05) is 30.3 Å². The van der Waals surface area contributed by atoms with Crippen molar-refractivity contribution in [2.75, 3.05) is 0 Å². The van der Waals surface area contributed by atoms with Gasteiger partial charge in [-0.15, -0.1) is 0 Å². The molecule has 0 aromatic heterocycles. The van der Waals surface area contributed by atoms with Crippen molar-refractivity contribution in [1.29, 1.82) is 0 Å². The van der Waals surface area contributed by atoms with Crippen LogP contribution in [0.15, 0.2) is 42.5 Å². The largest absolute Gasteiger partial charge is 0.481 e. The van der Waals surface area contributed by atoms with Gasteiger partial charge < -0.3 is 5.11 Å². The van der Waals surface area contributed by atoms with E-state index in [4.69, 9.17) is 0 Å². The highest BCUT2D eigenvalue weighted by Crippen LogP contribution is 2.43. The van der Waals surface area contributed by atoms with Crippen LogP contribution in [-0.2, 0) is 21.0 Å². The number of aliphatic carboxylic acids is 1.